The summed E-state index contributed by atoms with van der Waals surface area (Å²) >= 11 is 0. The Morgan fingerprint density at radius 1 is 1.54 bits per heavy atom. The third kappa shape index (κ3) is 3.56. The Morgan fingerprint density at radius 3 is 3.15 bits per heavy atom. The van der Waals surface area contributed by atoms with E-state index in [4.69, 9.17) is 11.0 Å². The first-order valence-electron chi connectivity index (χ1n) is 4.35. The maximum absolute atomic E-state index is 8.26. The first-order chi connectivity index (χ1) is 6.33. The number of hydrogen-bond donors (Lipinski definition) is 2. The van der Waals surface area contributed by atoms with E-state index in [1.54, 1.807) is 6.19 Å². The van der Waals surface area contributed by atoms with Gasteiger partial charge in [0.2, 0.25) is 5.96 Å². The van der Waals surface area contributed by atoms with Gasteiger partial charge in [-0.3, -0.25) is 10.3 Å². The van der Waals surface area contributed by atoms with Crippen molar-refractivity contribution < 1.29 is 0 Å². The predicted octanol–water partition coefficient (Wildman–Crippen LogP) is 0.344. The summed E-state index contributed by atoms with van der Waals surface area (Å²) in [6.07, 6.45) is 5.97. The van der Waals surface area contributed by atoms with Crippen molar-refractivity contribution in [1.29, 1.82) is 5.26 Å². The lowest BCUT2D eigenvalue weighted by molar-refractivity contribution is 0.731. The first-order valence-corrected chi connectivity index (χ1v) is 4.35. The fourth-order valence-corrected chi connectivity index (χ4v) is 1.17. The molecule has 0 radical (unpaired) electrons. The maximum atomic E-state index is 8.26. The van der Waals surface area contributed by atoms with Crippen LogP contribution in [0.5, 0.6) is 0 Å². The second kappa shape index (κ2) is 5.14. The second-order valence-electron chi connectivity index (χ2n) is 2.84. The minimum Gasteiger partial charge on any atom is -0.369 e. The van der Waals surface area contributed by atoms with Gasteiger partial charge in [-0.25, -0.2) is 0 Å². The fourth-order valence-electron chi connectivity index (χ4n) is 1.17. The highest BCUT2D eigenvalue weighted by Gasteiger charge is 2.02. The van der Waals surface area contributed by atoms with Crippen LogP contribution < -0.4 is 11.1 Å². The van der Waals surface area contributed by atoms with E-state index >= 15 is 0 Å². The topological polar surface area (TPSA) is 86.6 Å². The summed E-state index contributed by atoms with van der Waals surface area (Å²) < 4.78 is 0. The van der Waals surface area contributed by atoms with Crippen LogP contribution in [0.15, 0.2) is 9.98 Å². The highest BCUT2D eigenvalue weighted by atomic mass is 15.1. The Labute approximate surface area is 77.4 Å². The van der Waals surface area contributed by atoms with Crippen LogP contribution in [0, 0.1) is 11.5 Å². The third-order valence-corrected chi connectivity index (χ3v) is 1.79. The number of hydrogen-bond acceptors (Lipinski definition) is 3. The van der Waals surface area contributed by atoms with E-state index in [0.29, 0.717) is 0 Å². The summed E-state index contributed by atoms with van der Waals surface area (Å²) in [5.41, 5.74) is 5.40. The Hall–Kier alpha value is -1.57. The van der Waals surface area contributed by atoms with Crippen molar-refractivity contribution in [3.05, 3.63) is 0 Å². The molecule has 0 saturated heterocycles. The molecule has 0 fully saturated rings. The molecule has 0 atom stereocenters. The van der Waals surface area contributed by atoms with Crippen LogP contribution in [0.1, 0.15) is 25.7 Å². The summed E-state index contributed by atoms with van der Waals surface area (Å²) in [6, 6.07) is 0. The van der Waals surface area contributed by atoms with Crippen LogP contribution in [-0.2, 0) is 0 Å². The molecule has 0 spiro atoms. The summed E-state index contributed by atoms with van der Waals surface area (Å²) in [5.74, 6) is 0.876. The van der Waals surface area contributed by atoms with Gasteiger partial charge in [-0.1, -0.05) is 6.42 Å². The Bertz CT molecular complexity index is 260. The molecule has 1 aliphatic heterocycles. The zero-order valence-corrected chi connectivity index (χ0v) is 7.45. The maximum Gasteiger partial charge on any atom is 0.208 e. The largest absolute Gasteiger partial charge is 0.369 e. The molecular formula is C8H13N5. The molecule has 0 aliphatic carbocycles. The summed E-state index contributed by atoms with van der Waals surface area (Å²) in [6.45, 7) is 0.818. The van der Waals surface area contributed by atoms with E-state index in [2.05, 4.69) is 15.3 Å². The molecule has 1 rings (SSSR count). The molecule has 0 aromatic carbocycles. The van der Waals surface area contributed by atoms with Gasteiger partial charge < -0.3 is 5.73 Å². The van der Waals surface area contributed by atoms with Crippen molar-refractivity contribution in [3.8, 4) is 6.19 Å². The zero-order chi connectivity index (χ0) is 9.52. The monoisotopic (exact) mass is 179 g/mol. The van der Waals surface area contributed by atoms with Crippen LogP contribution in [0.4, 0.5) is 0 Å². The summed E-state index contributed by atoms with van der Waals surface area (Å²) in [4.78, 5) is 8.24. The highest BCUT2D eigenvalue weighted by molar-refractivity contribution is 5.95. The second-order valence-corrected chi connectivity index (χ2v) is 2.84. The van der Waals surface area contributed by atoms with Gasteiger partial charge in [-0.2, -0.15) is 10.3 Å². The first kappa shape index (κ1) is 9.52. The van der Waals surface area contributed by atoms with Gasteiger partial charge in [0.05, 0.1) is 0 Å². The molecule has 0 bridgehead atoms. The normalized spacial score (nSPS) is 18.4. The van der Waals surface area contributed by atoms with Gasteiger partial charge in [0.25, 0.3) is 0 Å². The molecule has 70 valence electrons. The van der Waals surface area contributed by atoms with E-state index in [0.717, 1.165) is 31.6 Å². The molecular weight excluding hydrogens is 166 g/mol. The minimum atomic E-state index is 0.128. The Balaban J connectivity index is 2.55. The number of nitrogens with zero attached hydrogens (tertiary/aromatic N) is 3. The van der Waals surface area contributed by atoms with Gasteiger partial charge in [0.15, 0.2) is 6.19 Å². The number of nitrogens with one attached hydrogen (secondary N) is 1. The van der Waals surface area contributed by atoms with Crippen molar-refractivity contribution in [2.75, 3.05) is 6.54 Å². The lowest BCUT2D eigenvalue weighted by Crippen LogP contribution is -2.28. The average molecular weight is 179 g/mol. The van der Waals surface area contributed by atoms with E-state index < -0.39 is 0 Å². The molecule has 0 unspecified atom stereocenters. The van der Waals surface area contributed by atoms with Crippen LogP contribution in [0.25, 0.3) is 0 Å². The van der Waals surface area contributed by atoms with Crippen LogP contribution >= 0.6 is 0 Å². The standard InChI is InChI=1S/C8H13N5/c9-6-12-8(10)13-7-4-2-1-3-5-11-7/h1-5H2,(H3,10,11,12,13). The molecule has 1 aliphatic rings. The lowest BCUT2D eigenvalue weighted by Gasteiger charge is -1.98. The van der Waals surface area contributed by atoms with Gasteiger partial charge in [0, 0.05) is 13.0 Å². The van der Waals surface area contributed by atoms with Gasteiger partial charge in [-0.05, 0) is 12.8 Å². The van der Waals surface area contributed by atoms with Gasteiger partial charge in [0.1, 0.15) is 5.84 Å². The van der Waals surface area contributed by atoms with E-state index in [9.17, 15) is 0 Å². The number of aliphatic imine (C=N–C) groups is 2. The van der Waals surface area contributed by atoms with Crippen molar-refractivity contribution in [2.24, 2.45) is 15.7 Å². The predicted molar refractivity (Wildman–Crippen MR) is 51.1 cm³/mol. The van der Waals surface area contributed by atoms with Crippen LogP contribution in [-0.4, -0.2) is 18.3 Å². The molecule has 1 heterocycles. The minimum absolute atomic E-state index is 0.128. The van der Waals surface area contributed by atoms with Gasteiger partial charge >= 0.3 is 0 Å². The Kier molecular flexibility index (Phi) is 3.76. The smallest absolute Gasteiger partial charge is 0.208 e. The van der Waals surface area contributed by atoms with E-state index in [1.807, 2.05) is 0 Å². The quantitative estimate of drug-likeness (QED) is 0.243. The van der Waals surface area contributed by atoms with Crippen molar-refractivity contribution >= 4 is 11.8 Å². The van der Waals surface area contributed by atoms with E-state index in [-0.39, 0.29) is 5.96 Å². The van der Waals surface area contributed by atoms with Crippen LogP contribution in [0.2, 0.25) is 0 Å². The van der Waals surface area contributed by atoms with Crippen molar-refractivity contribution in [3.63, 3.8) is 0 Å². The number of nitriles is 1. The number of rotatable bonds is 0. The molecule has 0 aromatic rings. The number of amidine groups is 1. The SMILES string of the molecule is N#CNC(N)=NC1=NCCCCC1. The number of guanidine groups is 1. The lowest BCUT2D eigenvalue weighted by atomic mass is 10.2. The summed E-state index contributed by atoms with van der Waals surface area (Å²) in [7, 11) is 0. The molecule has 13 heavy (non-hydrogen) atoms. The molecule has 0 amide bonds. The third-order valence-electron chi connectivity index (χ3n) is 1.79. The van der Waals surface area contributed by atoms with Crippen molar-refractivity contribution in [2.45, 2.75) is 25.7 Å². The Morgan fingerprint density at radius 2 is 2.38 bits per heavy atom. The molecule has 3 N–H and O–H groups in total. The molecule has 5 nitrogen and oxygen atoms in total. The average Bonchev–Trinajstić information content (AvgIpc) is 2.33. The van der Waals surface area contributed by atoms with Crippen LogP contribution in [0.3, 0.4) is 0 Å². The summed E-state index contributed by atoms with van der Waals surface area (Å²) in [5, 5.41) is 10.5. The molecule has 5 heteroatoms. The zero-order valence-electron chi connectivity index (χ0n) is 7.45. The number of nitrogens with two attached hydrogens (primary N) is 1. The van der Waals surface area contributed by atoms with Crippen molar-refractivity contribution in [1.82, 2.24) is 5.32 Å². The fraction of sp³-hybridized carbons (Fsp3) is 0.625. The van der Waals surface area contributed by atoms with Gasteiger partial charge in [-0.15, -0.1) is 0 Å². The van der Waals surface area contributed by atoms with E-state index in [1.165, 1.54) is 6.42 Å². The highest BCUT2D eigenvalue weighted by Crippen LogP contribution is 2.07. The molecule has 0 aromatic heterocycles. The molecule has 0 saturated carbocycles.